The van der Waals surface area contributed by atoms with Crippen LogP contribution in [0.3, 0.4) is 0 Å². The van der Waals surface area contributed by atoms with Crippen molar-refractivity contribution in [2.75, 3.05) is 0 Å². The van der Waals surface area contributed by atoms with Crippen molar-refractivity contribution >= 4 is 29.1 Å². The summed E-state index contributed by atoms with van der Waals surface area (Å²) >= 11 is 5.97. The summed E-state index contributed by atoms with van der Waals surface area (Å²) in [5, 5.41) is 11.5. The molecule has 7 heteroatoms. The van der Waals surface area contributed by atoms with Crippen LogP contribution in [0.4, 0.5) is 5.69 Å². The van der Waals surface area contributed by atoms with E-state index >= 15 is 0 Å². The molecule has 0 spiro atoms. The fourth-order valence-electron chi connectivity index (χ4n) is 2.93. The van der Waals surface area contributed by atoms with Crippen LogP contribution in [0.1, 0.15) is 21.5 Å². The molecule has 0 saturated carbocycles. The smallest absolute Gasteiger partial charge is 0.270 e. The molecular formula is C22H14ClNO5. The van der Waals surface area contributed by atoms with E-state index in [0.717, 1.165) is 5.56 Å². The van der Waals surface area contributed by atoms with Gasteiger partial charge in [0, 0.05) is 23.2 Å². The Bertz CT molecular complexity index is 1160. The Morgan fingerprint density at radius 2 is 1.90 bits per heavy atom. The van der Waals surface area contributed by atoms with Gasteiger partial charge in [-0.25, -0.2) is 0 Å². The minimum atomic E-state index is -0.488. The quantitative estimate of drug-likeness (QED) is 0.319. The van der Waals surface area contributed by atoms with E-state index in [2.05, 4.69) is 0 Å². The van der Waals surface area contributed by atoms with Gasteiger partial charge in [-0.1, -0.05) is 35.9 Å². The Morgan fingerprint density at radius 1 is 1.07 bits per heavy atom. The number of ether oxygens (including phenoxy) is 2. The molecule has 0 radical (unpaired) electrons. The van der Waals surface area contributed by atoms with E-state index in [9.17, 15) is 14.9 Å². The standard InChI is InChI=1S/C22H14ClNO5/c23-16-5-1-4-15(9-16)13-28-18-7-8-19-20(12-18)29-21(22(19)25)11-14-3-2-6-17(10-14)24(26)27/h1-12H,13H2/b21-11-. The van der Waals surface area contributed by atoms with E-state index < -0.39 is 4.92 Å². The molecule has 3 aromatic rings. The Morgan fingerprint density at radius 3 is 2.69 bits per heavy atom. The normalized spacial score (nSPS) is 13.8. The number of fused-ring (bicyclic) bond motifs is 1. The van der Waals surface area contributed by atoms with Crippen LogP contribution >= 0.6 is 11.6 Å². The molecule has 1 aliphatic heterocycles. The first-order valence-electron chi connectivity index (χ1n) is 8.69. The fourth-order valence-corrected chi connectivity index (χ4v) is 3.14. The lowest BCUT2D eigenvalue weighted by Gasteiger charge is -2.07. The zero-order valence-corrected chi connectivity index (χ0v) is 15.8. The molecule has 1 aliphatic rings. The lowest BCUT2D eigenvalue weighted by molar-refractivity contribution is -0.384. The van der Waals surface area contributed by atoms with Crippen LogP contribution in [-0.4, -0.2) is 10.7 Å². The molecule has 144 valence electrons. The van der Waals surface area contributed by atoms with Gasteiger partial charge in [0.25, 0.3) is 5.69 Å². The Balaban J connectivity index is 1.52. The van der Waals surface area contributed by atoms with E-state index in [1.54, 1.807) is 36.4 Å². The summed E-state index contributed by atoms with van der Waals surface area (Å²) in [4.78, 5) is 23.0. The van der Waals surface area contributed by atoms with Crippen molar-refractivity contribution in [2.45, 2.75) is 6.61 Å². The lowest BCUT2D eigenvalue weighted by atomic mass is 10.1. The molecule has 29 heavy (non-hydrogen) atoms. The van der Waals surface area contributed by atoms with E-state index in [1.165, 1.54) is 18.2 Å². The number of carbonyl (C=O) groups excluding carboxylic acids is 1. The highest BCUT2D eigenvalue weighted by molar-refractivity contribution is 6.30. The summed E-state index contributed by atoms with van der Waals surface area (Å²) in [6, 6.07) is 18.3. The fraction of sp³-hybridized carbons (Fsp3) is 0.0455. The average Bonchev–Trinajstić information content (AvgIpc) is 3.01. The van der Waals surface area contributed by atoms with E-state index in [0.29, 0.717) is 34.3 Å². The second-order valence-electron chi connectivity index (χ2n) is 6.37. The maximum Gasteiger partial charge on any atom is 0.270 e. The maximum absolute atomic E-state index is 12.6. The molecule has 0 saturated heterocycles. The molecule has 0 aliphatic carbocycles. The van der Waals surface area contributed by atoms with Gasteiger partial charge in [-0.05, 0) is 41.5 Å². The van der Waals surface area contributed by atoms with Gasteiger partial charge < -0.3 is 9.47 Å². The number of carbonyl (C=O) groups is 1. The number of non-ortho nitro benzene ring substituents is 1. The first-order valence-corrected chi connectivity index (χ1v) is 9.07. The van der Waals surface area contributed by atoms with Gasteiger partial charge in [-0.3, -0.25) is 14.9 Å². The summed E-state index contributed by atoms with van der Waals surface area (Å²) in [5.74, 6) is 0.754. The topological polar surface area (TPSA) is 78.7 Å². The molecular weight excluding hydrogens is 394 g/mol. The van der Waals surface area contributed by atoms with Gasteiger partial charge in [-0.2, -0.15) is 0 Å². The molecule has 0 N–H and O–H groups in total. The van der Waals surface area contributed by atoms with Crippen LogP contribution in [-0.2, 0) is 6.61 Å². The van der Waals surface area contributed by atoms with Crippen LogP contribution in [0.5, 0.6) is 11.5 Å². The van der Waals surface area contributed by atoms with E-state index in [1.807, 2.05) is 18.2 Å². The molecule has 0 unspecified atom stereocenters. The third kappa shape index (κ3) is 4.12. The van der Waals surface area contributed by atoms with E-state index in [-0.39, 0.29) is 17.2 Å². The van der Waals surface area contributed by atoms with Crippen molar-refractivity contribution in [3.05, 3.63) is 104 Å². The predicted octanol–water partition coefficient (Wildman–Crippen LogP) is 5.44. The first kappa shape index (κ1) is 18.7. The zero-order chi connectivity index (χ0) is 20.4. The minimum absolute atomic E-state index is 0.0565. The third-order valence-electron chi connectivity index (χ3n) is 4.31. The maximum atomic E-state index is 12.6. The molecule has 0 amide bonds. The number of hydrogen-bond acceptors (Lipinski definition) is 5. The predicted molar refractivity (Wildman–Crippen MR) is 108 cm³/mol. The largest absolute Gasteiger partial charge is 0.489 e. The van der Waals surface area contributed by atoms with Crippen molar-refractivity contribution in [3.63, 3.8) is 0 Å². The number of halogens is 1. The van der Waals surface area contributed by atoms with Gasteiger partial charge in [0.1, 0.15) is 18.1 Å². The molecule has 3 aromatic carbocycles. The number of ketones is 1. The molecule has 0 aromatic heterocycles. The molecule has 0 fully saturated rings. The zero-order valence-electron chi connectivity index (χ0n) is 15.0. The minimum Gasteiger partial charge on any atom is -0.489 e. The Hall–Kier alpha value is -3.64. The van der Waals surface area contributed by atoms with Gasteiger partial charge in [0.05, 0.1) is 10.5 Å². The molecule has 0 bridgehead atoms. The third-order valence-corrected chi connectivity index (χ3v) is 4.55. The summed E-state index contributed by atoms with van der Waals surface area (Å²) < 4.78 is 11.4. The highest BCUT2D eigenvalue weighted by atomic mass is 35.5. The number of hydrogen-bond donors (Lipinski definition) is 0. The van der Waals surface area contributed by atoms with Crippen LogP contribution in [0.15, 0.2) is 72.5 Å². The number of nitrogens with zero attached hydrogens (tertiary/aromatic N) is 1. The van der Waals surface area contributed by atoms with Crippen molar-refractivity contribution in [2.24, 2.45) is 0 Å². The van der Waals surface area contributed by atoms with Crippen molar-refractivity contribution in [3.8, 4) is 11.5 Å². The SMILES string of the molecule is O=C1/C(=C/c2cccc([N+](=O)[O-])c2)Oc2cc(OCc3cccc(Cl)c3)ccc21. The first-order chi connectivity index (χ1) is 14.0. The Kier molecular flexibility index (Phi) is 5.01. The Labute approximate surface area is 171 Å². The number of benzene rings is 3. The summed E-state index contributed by atoms with van der Waals surface area (Å²) in [7, 11) is 0. The monoisotopic (exact) mass is 407 g/mol. The second kappa shape index (κ2) is 7.77. The van der Waals surface area contributed by atoms with Crippen molar-refractivity contribution in [1.82, 2.24) is 0 Å². The summed E-state index contributed by atoms with van der Waals surface area (Å²) in [5.41, 5.74) is 1.78. The molecule has 6 nitrogen and oxygen atoms in total. The summed E-state index contributed by atoms with van der Waals surface area (Å²) in [6.07, 6.45) is 1.49. The summed E-state index contributed by atoms with van der Waals surface area (Å²) in [6.45, 7) is 0.323. The molecule has 0 atom stereocenters. The molecule has 1 heterocycles. The number of nitro benzene ring substituents is 1. The van der Waals surface area contributed by atoms with Gasteiger partial charge in [-0.15, -0.1) is 0 Å². The van der Waals surface area contributed by atoms with Gasteiger partial charge in [0.15, 0.2) is 5.76 Å². The van der Waals surface area contributed by atoms with Crippen LogP contribution in [0, 0.1) is 10.1 Å². The number of rotatable bonds is 5. The van der Waals surface area contributed by atoms with E-state index in [4.69, 9.17) is 21.1 Å². The highest BCUT2D eigenvalue weighted by Gasteiger charge is 2.27. The van der Waals surface area contributed by atoms with Gasteiger partial charge >= 0.3 is 0 Å². The van der Waals surface area contributed by atoms with Crippen LogP contribution in [0.25, 0.3) is 6.08 Å². The van der Waals surface area contributed by atoms with Crippen molar-refractivity contribution < 1.29 is 19.2 Å². The number of allylic oxidation sites excluding steroid dienone is 1. The number of nitro groups is 1. The van der Waals surface area contributed by atoms with Gasteiger partial charge in [0.2, 0.25) is 5.78 Å². The number of Topliss-reactive ketones (excluding diaryl/α,β-unsaturated/α-hetero) is 1. The lowest BCUT2D eigenvalue weighted by Crippen LogP contribution is -1.98. The van der Waals surface area contributed by atoms with Crippen LogP contribution < -0.4 is 9.47 Å². The van der Waals surface area contributed by atoms with Crippen molar-refractivity contribution in [1.29, 1.82) is 0 Å². The average molecular weight is 408 g/mol. The molecule has 4 rings (SSSR count). The van der Waals surface area contributed by atoms with Crippen LogP contribution in [0.2, 0.25) is 5.02 Å². The second-order valence-corrected chi connectivity index (χ2v) is 6.80. The highest BCUT2D eigenvalue weighted by Crippen LogP contribution is 2.35.